The van der Waals surface area contributed by atoms with Crippen molar-refractivity contribution in [1.29, 1.82) is 0 Å². The number of nitrogens with two attached hydrogens (primary N) is 1. The van der Waals surface area contributed by atoms with E-state index < -0.39 is 0 Å². The van der Waals surface area contributed by atoms with E-state index in [1.165, 1.54) is 5.57 Å². The quantitative estimate of drug-likeness (QED) is 0.725. The van der Waals surface area contributed by atoms with Crippen molar-refractivity contribution < 1.29 is 0 Å². The standard InChI is InChI=1S/C14H26N2/c1-7-13(11(2)3)8-9-14(10-15)12(4)16(5)6/h7-12H,15H2,1-6H3/b9-8-,13-7+,14-10+. The monoisotopic (exact) mass is 222 g/mol. The third kappa shape index (κ3) is 4.67. The fraction of sp³-hybridized carbons (Fsp3) is 0.571. The molecule has 1 atom stereocenters. The van der Waals surface area contributed by atoms with Crippen LogP contribution in [0.15, 0.2) is 35.6 Å². The molecule has 0 saturated carbocycles. The van der Waals surface area contributed by atoms with Crippen molar-refractivity contribution in [3.63, 3.8) is 0 Å². The van der Waals surface area contributed by atoms with E-state index in [0.717, 1.165) is 5.57 Å². The lowest BCUT2D eigenvalue weighted by atomic mass is 10.0. The molecule has 2 heteroatoms. The number of allylic oxidation sites excluding steroid dienone is 3. The molecule has 16 heavy (non-hydrogen) atoms. The van der Waals surface area contributed by atoms with Crippen molar-refractivity contribution in [3.05, 3.63) is 35.6 Å². The molecule has 0 aromatic rings. The summed E-state index contributed by atoms with van der Waals surface area (Å²) in [4.78, 5) is 2.15. The van der Waals surface area contributed by atoms with Gasteiger partial charge in [0.15, 0.2) is 0 Å². The van der Waals surface area contributed by atoms with Crippen LogP contribution in [0.1, 0.15) is 27.7 Å². The Balaban J connectivity index is 4.75. The van der Waals surface area contributed by atoms with Gasteiger partial charge in [-0.15, -0.1) is 0 Å². The first-order chi connectivity index (χ1) is 7.43. The largest absolute Gasteiger partial charge is 0.404 e. The molecule has 0 rings (SSSR count). The molecule has 0 fully saturated rings. The highest BCUT2D eigenvalue weighted by atomic mass is 15.1. The molecule has 0 aliphatic heterocycles. The van der Waals surface area contributed by atoms with Crippen molar-refractivity contribution in [3.8, 4) is 0 Å². The second kappa shape index (κ2) is 7.29. The van der Waals surface area contributed by atoms with Gasteiger partial charge < -0.3 is 10.6 Å². The van der Waals surface area contributed by atoms with Crippen LogP contribution in [0.25, 0.3) is 0 Å². The van der Waals surface area contributed by atoms with Gasteiger partial charge >= 0.3 is 0 Å². The third-order valence-corrected chi connectivity index (χ3v) is 2.92. The molecular weight excluding hydrogens is 196 g/mol. The van der Waals surface area contributed by atoms with Crippen LogP contribution >= 0.6 is 0 Å². The molecule has 1 unspecified atom stereocenters. The van der Waals surface area contributed by atoms with Crippen molar-refractivity contribution in [1.82, 2.24) is 4.90 Å². The first-order valence-corrected chi connectivity index (χ1v) is 5.86. The normalized spacial score (nSPS) is 16.5. The van der Waals surface area contributed by atoms with E-state index in [4.69, 9.17) is 5.73 Å². The fourth-order valence-electron chi connectivity index (χ4n) is 1.45. The minimum atomic E-state index is 0.339. The zero-order valence-electron chi connectivity index (χ0n) is 11.5. The molecular formula is C14H26N2. The van der Waals surface area contributed by atoms with Gasteiger partial charge in [0.25, 0.3) is 0 Å². The summed E-state index contributed by atoms with van der Waals surface area (Å²) in [5, 5.41) is 0. The van der Waals surface area contributed by atoms with E-state index >= 15 is 0 Å². The summed E-state index contributed by atoms with van der Waals surface area (Å²) < 4.78 is 0. The zero-order valence-corrected chi connectivity index (χ0v) is 11.5. The predicted octanol–water partition coefficient (Wildman–Crippen LogP) is 2.94. The molecule has 2 nitrogen and oxygen atoms in total. The fourth-order valence-corrected chi connectivity index (χ4v) is 1.45. The second-order valence-corrected chi connectivity index (χ2v) is 4.58. The third-order valence-electron chi connectivity index (χ3n) is 2.92. The van der Waals surface area contributed by atoms with Crippen LogP contribution in [-0.2, 0) is 0 Å². The zero-order chi connectivity index (χ0) is 12.7. The van der Waals surface area contributed by atoms with Crippen molar-refractivity contribution in [2.75, 3.05) is 14.1 Å². The highest BCUT2D eigenvalue weighted by Gasteiger charge is 2.07. The first kappa shape index (κ1) is 15.0. The maximum Gasteiger partial charge on any atom is 0.0327 e. The topological polar surface area (TPSA) is 29.3 Å². The molecule has 0 radical (unpaired) electrons. The maximum absolute atomic E-state index is 5.66. The van der Waals surface area contributed by atoms with Gasteiger partial charge in [0, 0.05) is 6.04 Å². The number of hydrogen-bond acceptors (Lipinski definition) is 2. The van der Waals surface area contributed by atoms with Gasteiger partial charge in [-0.1, -0.05) is 32.1 Å². The Morgan fingerprint density at radius 3 is 1.88 bits per heavy atom. The number of likely N-dealkylation sites (N-methyl/N-ethyl adjacent to an activating group) is 1. The molecule has 0 aromatic carbocycles. The molecule has 0 aliphatic rings. The minimum absolute atomic E-state index is 0.339. The van der Waals surface area contributed by atoms with Crippen LogP contribution in [0.2, 0.25) is 0 Å². The van der Waals surface area contributed by atoms with E-state index in [9.17, 15) is 0 Å². The highest BCUT2D eigenvalue weighted by molar-refractivity contribution is 5.30. The molecule has 0 aromatic heterocycles. The summed E-state index contributed by atoms with van der Waals surface area (Å²) in [7, 11) is 4.11. The van der Waals surface area contributed by atoms with Crippen LogP contribution in [-0.4, -0.2) is 25.0 Å². The Morgan fingerprint density at radius 1 is 1.06 bits per heavy atom. The van der Waals surface area contributed by atoms with Gasteiger partial charge in [0.2, 0.25) is 0 Å². The molecule has 92 valence electrons. The van der Waals surface area contributed by atoms with Crippen LogP contribution in [0.3, 0.4) is 0 Å². The van der Waals surface area contributed by atoms with Gasteiger partial charge in [-0.25, -0.2) is 0 Å². The SMILES string of the molecule is C\C=C(/C=C\C(=C/N)C(C)N(C)C)C(C)C. The molecule has 0 aliphatic carbocycles. The summed E-state index contributed by atoms with van der Waals surface area (Å²) in [5.41, 5.74) is 8.14. The lowest BCUT2D eigenvalue weighted by Gasteiger charge is -2.20. The minimum Gasteiger partial charge on any atom is -0.404 e. The Kier molecular flexibility index (Phi) is 6.82. The van der Waals surface area contributed by atoms with Gasteiger partial charge in [0.05, 0.1) is 0 Å². The summed E-state index contributed by atoms with van der Waals surface area (Å²) in [6.45, 7) is 8.61. The molecule has 0 heterocycles. The smallest absolute Gasteiger partial charge is 0.0327 e. The lowest BCUT2D eigenvalue weighted by molar-refractivity contribution is 0.354. The molecule has 0 saturated heterocycles. The van der Waals surface area contributed by atoms with Crippen LogP contribution in [0, 0.1) is 5.92 Å². The Bertz CT molecular complexity index is 283. The predicted molar refractivity (Wildman–Crippen MR) is 73.2 cm³/mol. The highest BCUT2D eigenvalue weighted by Crippen LogP contribution is 2.14. The van der Waals surface area contributed by atoms with Gasteiger partial charge in [-0.05, 0) is 51.2 Å². The van der Waals surface area contributed by atoms with E-state index in [1.807, 2.05) is 0 Å². The number of rotatable bonds is 5. The van der Waals surface area contributed by atoms with Crippen LogP contribution < -0.4 is 5.73 Å². The van der Waals surface area contributed by atoms with Crippen molar-refractivity contribution in [2.24, 2.45) is 11.7 Å². The molecule has 0 bridgehead atoms. The summed E-state index contributed by atoms with van der Waals surface area (Å²) in [6.07, 6.45) is 8.10. The Morgan fingerprint density at radius 2 is 1.56 bits per heavy atom. The molecule has 0 amide bonds. The summed E-state index contributed by atoms with van der Waals surface area (Å²) in [5.74, 6) is 0.551. The average molecular weight is 222 g/mol. The van der Waals surface area contributed by atoms with Gasteiger partial charge in [-0.3, -0.25) is 0 Å². The van der Waals surface area contributed by atoms with E-state index in [1.54, 1.807) is 6.20 Å². The Labute approximate surface area is 101 Å². The van der Waals surface area contributed by atoms with Crippen molar-refractivity contribution in [2.45, 2.75) is 33.7 Å². The molecule has 2 N–H and O–H groups in total. The maximum atomic E-state index is 5.66. The van der Waals surface area contributed by atoms with E-state index in [2.05, 4.69) is 64.9 Å². The Hall–Kier alpha value is -1.02. The molecule has 0 spiro atoms. The van der Waals surface area contributed by atoms with E-state index in [0.29, 0.717) is 12.0 Å². The number of hydrogen-bond donors (Lipinski definition) is 1. The van der Waals surface area contributed by atoms with Gasteiger partial charge in [0.1, 0.15) is 0 Å². The van der Waals surface area contributed by atoms with Crippen molar-refractivity contribution >= 4 is 0 Å². The summed E-state index contributed by atoms with van der Waals surface area (Å²) >= 11 is 0. The van der Waals surface area contributed by atoms with Gasteiger partial charge in [-0.2, -0.15) is 0 Å². The first-order valence-electron chi connectivity index (χ1n) is 5.86. The van der Waals surface area contributed by atoms with Crippen LogP contribution in [0.5, 0.6) is 0 Å². The van der Waals surface area contributed by atoms with E-state index in [-0.39, 0.29) is 0 Å². The number of nitrogens with zero attached hydrogens (tertiary/aromatic N) is 1. The average Bonchev–Trinajstić information content (AvgIpc) is 2.23. The second-order valence-electron chi connectivity index (χ2n) is 4.58. The lowest BCUT2D eigenvalue weighted by Crippen LogP contribution is -2.26. The summed E-state index contributed by atoms with van der Waals surface area (Å²) in [6, 6.07) is 0.339. The van der Waals surface area contributed by atoms with Crippen LogP contribution in [0.4, 0.5) is 0 Å².